The van der Waals surface area contributed by atoms with Crippen LogP contribution in [0, 0.1) is 5.41 Å². The predicted molar refractivity (Wildman–Crippen MR) is 82.1 cm³/mol. The van der Waals surface area contributed by atoms with Gasteiger partial charge in [0.15, 0.2) is 0 Å². The Morgan fingerprint density at radius 3 is 3.20 bits per heavy atom. The number of aromatic nitrogens is 1. The van der Waals surface area contributed by atoms with Crippen LogP contribution in [0.5, 0.6) is 0 Å². The third-order valence-electron chi connectivity index (χ3n) is 3.89. The zero-order chi connectivity index (χ0) is 14.1. The van der Waals surface area contributed by atoms with E-state index in [-0.39, 0.29) is 5.84 Å². The van der Waals surface area contributed by atoms with Crippen LogP contribution in [-0.4, -0.2) is 22.3 Å². The van der Waals surface area contributed by atoms with Crippen molar-refractivity contribution in [1.82, 2.24) is 9.88 Å². The Morgan fingerprint density at radius 2 is 2.40 bits per heavy atom. The number of nitrogens with zero attached hydrogens (tertiary/aromatic N) is 2. The highest BCUT2D eigenvalue weighted by Crippen LogP contribution is 2.33. The minimum atomic E-state index is 0.0265. The summed E-state index contributed by atoms with van der Waals surface area (Å²) in [6, 6.07) is 6.60. The molecule has 104 valence electrons. The topological polar surface area (TPSA) is 66.0 Å². The monoisotopic (exact) mass is 286 g/mol. The molecule has 0 amide bonds. The van der Waals surface area contributed by atoms with Crippen LogP contribution in [0.1, 0.15) is 34.7 Å². The normalized spacial score (nSPS) is 18.8. The smallest absolute Gasteiger partial charge is 0.141 e. The third-order valence-corrected chi connectivity index (χ3v) is 4.89. The summed E-state index contributed by atoms with van der Waals surface area (Å²) in [6.45, 7) is 4.21. The molecule has 0 bridgehead atoms. The molecule has 0 fully saturated rings. The van der Waals surface area contributed by atoms with Gasteiger partial charge in [-0.3, -0.25) is 15.3 Å². The second kappa shape index (κ2) is 5.34. The van der Waals surface area contributed by atoms with E-state index in [1.54, 1.807) is 6.20 Å². The average molecular weight is 286 g/mol. The van der Waals surface area contributed by atoms with E-state index in [9.17, 15) is 0 Å². The third kappa shape index (κ3) is 2.46. The zero-order valence-corrected chi connectivity index (χ0v) is 12.3. The van der Waals surface area contributed by atoms with E-state index in [1.165, 1.54) is 10.4 Å². The van der Waals surface area contributed by atoms with E-state index in [0.717, 1.165) is 25.1 Å². The lowest BCUT2D eigenvalue weighted by Crippen LogP contribution is -2.32. The maximum Gasteiger partial charge on any atom is 0.141 e. The van der Waals surface area contributed by atoms with Gasteiger partial charge in [0, 0.05) is 30.2 Å². The molecule has 5 heteroatoms. The van der Waals surface area contributed by atoms with Gasteiger partial charge in [0.1, 0.15) is 11.5 Å². The van der Waals surface area contributed by atoms with Crippen molar-refractivity contribution in [2.75, 3.05) is 6.54 Å². The van der Waals surface area contributed by atoms with E-state index >= 15 is 0 Å². The summed E-state index contributed by atoms with van der Waals surface area (Å²) in [7, 11) is 0. The number of nitrogens with two attached hydrogens (primary N) is 1. The largest absolute Gasteiger partial charge is 0.382 e. The molecule has 1 aliphatic heterocycles. The van der Waals surface area contributed by atoms with E-state index in [0.29, 0.717) is 11.7 Å². The van der Waals surface area contributed by atoms with Crippen molar-refractivity contribution < 1.29 is 0 Å². The summed E-state index contributed by atoms with van der Waals surface area (Å²) >= 11 is 1.86. The summed E-state index contributed by atoms with van der Waals surface area (Å²) in [6.07, 6.45) is 2.86. The summed E-state index contributed by atoms with van der Waals surface area (Å²) in [5.41, 5.74) is 8.68. The highest BCUT2D eigenvalue weighted by molar-refractivity contribution is 7.10. The fourth-order valence-corrected chi connectivity index (χ4v) is 3.69. The van der Waals surface area contributed by atoms with Crippen LogP contribution in [0.4, 0.5) is 0 Å². The van der Waals surface area contributed by atoms with Gasteiger partial charge in [-0.1, -0.05) is 0 Å². The zero-order valence-electron chi connectivity index (χ0n) is 11.5. The molecule has 3 rings (SSSR count). The fourth-order valence-electron chi connectivity index (χ4n) is 2.73. The number of hydrogen-bond acceptors (Lipinski definition) is 4. The van der Waals surface area contributed by atoms with Crippen LogP contribution in [0.15, 0.2) is 29.8 Å². The van der Waals surface area contributed by atoms with Gasteiger partial charge in [0.25, 0.3) is 0 Å². The summed E-state index contributed by atoms with van der Waals surface area (Å²) in [5, 5.41) is 9.66. The Bertz CT molecular complexity index is 634. The van der Waals surface area contributed by atoms with Crippen LogP contribution in [0.25, 0.3) is 0 Å². The van der Waals surface area contributed by atoms with E-state index < -0.39 is 0 Å². The van der Waals surface area contributed by atoms with E-state index in [4.69, 9.17) is 11.1 Å². The molecule has 0 aromatic carbocycles. The Labute approximate surface area is 122 Å². The number of thiophene rings is 1. The Kier molecular flexibility index (Phi) is 3.54. The van der Waals surface area contributed by atoms with Gasteiger partial charge in [0.05, 0.1) is 0 Å². The van der Waals surface area contributed by atoms with Crippen molar-refractivity contribution in [1.29, 1.82) is 5.41 Å². The van der Waals surface area contributed by atoms with Gasteiger partial charge in [-0.15, -0.1) is 11.3 Å². The summed E-state index contributed by atoms with van der Waals surface area (Å²) in [4.78, 5) is 8.10. The van der Waals surface area contributed by atoms with Crippen molar-refractivity contribution >= 4 is 17.2 Å². The quantitative estimate of drug-likeness (QED) is 0.673. The summed E-state index contributed by atoms with van der Waals surface area (Å²) < 4.78 is 0. The van der Waals surface area contributed by atoms with E-state index in [2.05, 4.69) is 28.3 Å². The first-order chi connectivity index (χ1) is 9.65. The molecule has 20 heavy (non-hydrogen) atoms. The molecule has 0 saturated heterocycles. The lowest BCUT2D eigenvalue weighted by molar-refractivity contribution is 0.191. The van der Waals surface area contributed by atoms with Crippen molar-refractivity contribution in [2.45, 2.75) is 25.9 Å². The van der Waals surface area contributed by atoms with Crippen molar-refractivity contribution in [3.63, 3.8) is 0 Å². The van der Waals surface area contributed by atoms with Crippen LogP contribution in [0.3, 0.4) is 0 Å². The van der Waals surface area contributed by atoms with Gasteiger partial charge in [-0.05, 0) is 48.1 Å². The Morgan fingerprint density at radius 1 is 1.55 bits per heavy atom. The minimum Gasteiger partial charge on any atom is -0.382 e. The molecular weight excluding hydrogens is 268 g/mol. The van der Waals surface area contributed by atoms with Gasteiger partial charge in [0.2, 0.25) is 0 Å². The lowest BCUT2D eigenvalue weighted by atomic mass is 10.0. The van der Waals surface area contributed by atoms with Crippen molar-refractivity contribution in [3.8, 4) is 0 Å². The van der Waals surface area contributed by atoms with Crippen LogP contribution >= 0.6 is 11.3 Å². The van der Waals surface area contributed by atoms with E-state index in [1.807, 2.05) is 23.5 Å². The first-order valence-electron chi connectivity index (χ1n) is 6.75. The molecule has 1 aliphatic rings. The maximum absolute atomic E-state index is 7.47. The highest BCUT2D eigenvalue weighted by Gasteiger charge is 2.24. The molecule has 0 radical (unpaired) electrons. The number of hydrogen-bond donors (Lipinski definition) is 2. The second-order valence-corrected chi connectivity index (χ2v) is 6.16. The van der Waals surface area contributed by atoms with Gasteiger partial charge >= 0.3 is 0 Å². The van der Waals surface area contributed by atoms with Crippen molar-refractivity contribution in [2.24, 2.45) is 5.73 Å². The predicted octanol–water partition coefficient (Wildman–Crippen LogP) is 2.55. The molecule has 2 aromatic rings. The highest BCUT2D eigenvalue weighted by atomic mass is 32.1. The molecule has 0 spiro atoms. The molecule has 0 saturated carbocycles. The number of fused-ring (bicyclic) bond motifs is 1. The number of amidine groups is 1. The molecule has 3 heterocycles. The molecule has 1 unspecified atom stereocenters. The molecule has 2 aromatic heterocycles. The van der Waals surface area contributed by atoms with Crippen LogP contribution in [-0.2, 0) is 13.0 Å². The first-order valence-corrected chi connectivity index (χ1v) is 7.63. The number of pyridine rings is 1. The number of nitrogens with one attached hydrogen (secondary N) is 1. The molecule has 4 nitrogen and oxygen atoms in total. The van der Waals surface area contributed by atoms with Gasteiger partial charge in [-0.2, -0.15) is 0 Å². The van der Waals surface area contributed by atoms with Gasteiger partial charge in [-0.25, -0.2) is 0 Å². The SMILES string of the molecule is CC1c2ccsc2CCN1Cc1ccnc(C(=N)N)c1. The maximum atomic E-state index is 7.47. The van der Waals surface area contributed by atoms with Gasteiger partial charge < -0.3 is 5.73 Å². The standard InChI is InChI=1S/C15H18N4S/c1-10-12-4-7-20-14(12)3-6-19(10)9-11-2-5-18-13(8-11)15(16)17/h2,4-5,7-8,10H,3,6,9H2,1H3,(H3,16,17). The fraction of sp³-hybridized carbons (Fsp3) is 0.333. The van der Waals surface area contributed by atoms with Crippen LogP contribution in [0.2, 0.25) is 0 Å². The Hall–Kier alpha value is -1.72. The molecular formula is C15H18N4S. The number of rotatable bonds is 3. The average Bonchev–Trinajstić information content (AvgIpc) is 2.91. The Balaban J connectivity index is 1.79. The molecule has 3 N–H and O–H groups in total. The van der Waals surface area contributed by atoms with Crippen LogP contribution < -0.4 is 5.73 Å². The summed E-state index contributed by atoms with van der Waals surface area (Å²) in [5.74, 6) is 0.0265. The second-order valence-electron chi connectivity index (χ2n) is 5.16. The minimum absolute atomic E-state index is 0.0265. The van der Waals surface area contributed by atoms with Crippen molar-refractivity contribution in [3.05, 3.63) is 51.5 Å². The lowest BCUT2D eigenvalue weighted by Gasteiger charge is -2.33. The number of nitrogen functional groups attached to an aromatic ring is 1. The first kappa shape index (κ1) is 13.3. The molecule has 1 atom stereocenters. The molecule has 0 aliphatic carbocycles.